The highest BCUT2D eigenvalue weighted by Gasteiger charge is 2.10. The summed E-state index contributed by atoms with van der Waals surface area (Å²) in [4.78, 5) is 23.7. The Labute approximate surface area is 114 Å². The van der Waals surface area contributed by atoms with Crippen LogP contribution in [0.2, 0.25) is 0 Å². The standard InChI is InChI=1S/C15H21NO3/c1-11-4-5-13(10-12(11)2)8-9-16(3)14(17)6-7-15(18)19/h4-5,10H,6-9H2,1-3H3,(H,18,19). The molecule has 0 aliphatic carbocycles. The molecule has 0 atom stereocenters. The smallest absolute Gasteiger partial charge is 0.303 e. The van der Waals surface area contributed by atoms with Gasteiger partial charge in [-0.05, 0) is 37.0 Å². The molecule has 1 amide bonds. The molecule has 1 aromatic rings. The van der Waals surface area contributed by atoms with Gasteiger partial charge in [-0.1, -0.05) is 18.2 Å². The SMILES string of the molecule is Cc1ccc(CCN(C)C(=O)CCC(=O)O)cc1C. The second-order valence-corrected chi connectivity index (χ2v) is 4.88. The van der Waals surface area contributed by atoms with Crippen molar-refractivity contribution in [3.05, 3.63) is 34.9 Å². The quantitative estimate of drug-likeness (QED) is 0.855. The van der Waals surface area contributed by atoms with Gasteiger partial charge in [0.1, 0.15) is 0 Å². The van der Waals surface area contributed by atoms with E-state index in [-0.39, 0.29) is 18.7 Å². The monoisotopic (exact) mass is 263 g/mol. The van der Waals surface area contributed by atoms with Gasteiger partial charge in [0, 0.05) is 20.0 Å². The fraction of sp³-hybridized carbons (Fsp3) is 0.467. The first kappa shape index (κ1) is 15.2. The van der Waals surface area contributed by atoms with Crippen LogP contribution in [0.15, 0.2) is 18.2 Å². The summed E-state index contributed by atoms with van der Waals surface area (Å²) >= 11 is 0. The van der Waals surface area contributed by atoms with Crippen LogP contribution in [0, 0.1) is 13.8 Å². The Morgan fingerprint density at radius 3 is 2.42 bits per heavy atom. The van der Waals surface area contributed by atoms with E-state index in [0.29, 0.717) is 6.54 Å². The fourth-order valence-electron chi connectivity index (χ4n) is 1.79. The lowest BCUT2D eigenvalue weighted by molar-refractivity contribution is -0.140. The Kier molecular flexibility index (Phi) is 5.55. The molecule has 0 saturated heterocycles. The predicted molar refractivity (Wildman–Crippen MR) is 74.1 cm³/mol. The van der Waals surface area contributed by atoms with Gasteiger partial charge in [0.2, 0.25) is 5.91 Å². The number of carbonyl (C=O) groups is 2. The number of likely N-dealkylation sites (N-methyl/N-ethyl adjacent to an activating group) is 1. The van der Waals surface area contributed by atoms with Crippen LogP contribution in [0.1, 0.15) is 29.5 Å². The molecule has 0 heterocycles. The number of carboxylic acid groups (broad SMARTS) is 1. The number of nitrogens with zero attached hydrogens (tertiary/aromatic N) is 1. The largest absolute Gasteiger partial charge is 0.481 e. The zero-order valence-electron chi connectivity index (χ0n) is 11.8. The molecule has 1 N–H and O–H groups in total. The van der Waals surface area contributed by atoms with Crippen molar-refractivity contribution in [1.82, 2.24) is 4.90 Å². The Hall–Kier alpha value is -1.84. The summed E-state index contributed by atoms with van der Waals surface area (Å²) < 4.78 is 0. The normalized spacial score (nSPS) is 10.3. The number of aryl methyl sites for hydroxylation is 2. The third-order valence-electron chi connectivity index (χ3n) is 3.29. The lowest BCUT2D eigenvalue weighted by atomic mass is 10.0. The van der Waals surface area contributed by atoms with E-state index in [1.807, 2.05) is 0 Å². The van der Waals surface area contributed by atoms with Gasteiger partial charge in [0.15, 0.2) is 0 Å². The van der Waals surface area contributed by atoms with E-state index in [1.165, 1.54) is 16.7 Å². The number of benzene rings is 1. The number of aliphatic carboxylic acids is 1. The average Bonchev–Trinajstić information content (AvgIpc) is 2.36. The highest BCUT2D eigenvalue weighted by molar-refractivity contribution is 5.80. The predicted octanol–water partition coefficient (Wildman–Crippen LogP) is 2.17. The van der Waals surface area contributed by atoms with Crippen LogP contribution in [0.5, 0.6) is 0 Å². The molecule has 0 aliphatic heterocycles. The maximum atomic E-state index is 11.7. The molecule has 104 valence electrons. The lowest BCUT2D eigenvalue weighted by Gasteiger charge is -2.17. The first-order valence-electron chi connectivity index (χ1n) is 6.42. The van der Waals surface area contributed by atoms with Crippen LogP contribution in [0.3, 0.4) is 0 Å². The molecule has 0 aliphatic rings. The molecule has 4 heteroatoms. The molecule has 4 nitrogen and oxygen atoms in total. The van der Waals surface area contributed by atoms with Crippen LogP contribution in [0.25, 0.3) is 0 Å². The molecule has 0 bridgehead atoms. The van der Waals surface area contributed by atoms with Crippen molar-refractivity contribution in [2.45, 2.75) is 33.1 Å². The minimum atomic E-state index is -0.934. The van der Waals surface area contributed by atoms with Gasteiger partial charge in [-0.25, -0.2) is 0 Å². The molecule has 0 radical (unpaired) electrons. The Balaban J connectivity index is 2.44. The number of hydrogen-bond acceptors (Lipinski definition) is 2. The lowest BCUT2D eigenvalue weighted by Crippen LogP contribution is -2.29. The minimum absolute atomic E-state index is 0.0682. The molecule has 0 unspecified atom stereocenters. The van der Waals surface area contributed by atoms with Gasteiger partial charge in [0.25, 0.3) is 0 Å². The van der Waals surface area contributed by atoms with Crippen molar-refractivity contribution in [3.8, 4) is 0 Å². The molecule has 0 aromatic heterocycles. The van der Waals surface area contributed by atoms with E-state index in [0.717, 1.165) is 6.42 Å². The first-order chi connectivity index (χ1) is 8.90. The second kappa shape index (κ2) is 6.92. The van der Waals surface area contributed by atoms with Gasteiger partial charge in [-0.2, -0.15) is 0 Å². The Morgan fingerprint density at radius 2 is 1.84 bits per heavy atom. The zero-order valence-corrected chi connectivity index (χ0v) is 11.8. The molecule has 19 heavy (non-hydrogen) atoms. The summed E-state index contributed by atoms with van der Waals surface area (Å²) in [5.41, 5.74) is 3.70. The van der Waals surface area contributed by atoms with E-state index < -0.39 is 5.97 Å². The third kappa shape index (κ3) is 5.12. The van der Waals surface area contributed by atoms with E-state index >= 15 is 0 Å². The van der Waals surface area contributed by atoms with Crippen molar-refractivity contribution in [2.75, 3.05) is 13.6 Å². The third-order valence-corrected chi connectivity index (χ3v) is 3.29. The molecule has 0 spiro atoms. The zero-order chi connectivity index (χ0) is 14.4. The van der Waals surface area contributed by atoms with Crippen molar-refractivity contribution in [3.63, 3.8) is 0 Å². The fourth-order valence-corrected chi connectivity index (χ4v) is 1.79. The molecule has 0 fully saturated rings. The summed E-state index contributed by atoms with van der Waals surface area (Å²) in [6.07, 6.45) is 0.752. The highest BCUT2D eigenvalue weighted by Crippen LogP contribution is 2.10. The number of amides is 1. The van der Waals surface area contributed by atoms with Crippen LogP contribution in [0.4, 0.5) is 0 Å². The molecule has 1 aromatic carbocycles. The topological polar surface area (TPSA) is 57.6 Å². The summed E-state index contributed by atoms with van der Waals surface area (Å²) in [5, 5.41) is 8.54. The van der Waals surface area contributed by atoms with Crippen LogP contribution in [-0.4, -0.2) is 35.5 Å². The molecular weight excluding hydrogens is 242 g/mol. The van der Waals surface area contributed by atoms with Gasteiger partial charge < -0.3 is 10.0 Å². The van der Waals surface area contributed by atoms with Crippen LogP contribution >= 0.6 is 0 Å². The molecule has 1 rings (SSSR count). The molecule has 0 saturated carbocycles. The highest BCUT2D eigenvalue weighted by atomic mass is 16.4. The van der Waals surface area contributed by atoms with Gasteiger partial charge >= 0.3 is 5.97 Å². The average molecular weight is 263 g/mol. The van der Waals surface area contributed by atoms with Crippen molar-refractivity contribution in [1.29, 1.82) is 0 Å². The van der Waals surface area contributed by atoms with Gasteiger partial charge in [-0.3, -0.25) is 9.59 Å². The van der Waals surface area contributed by atoms with Crippen molar-refractivity contribution >= 4 is 11.9 Å². The molecular formula is C15H21NO3. The van der Waals surface area contributed by atoms with Gasteiger partial charge in [0.05, 0.1) is 6.42 Å². The number of rotatable bonds is 6. The summed E-state index contributed by atoms with van der Waals surface area (Å²) in [6.45, 7) is 4.75. The minimum Gasteiger partial charge on any atom is -0.481 e. The summed E-state index contributed by atoms with van der Waals surface area (Å²) in [6, 6.07) is 6.28. The summed E-state index contributed by atoms with van der Waals surface area (Å²) in [5.74, 6) is -1.05. The van der Waals surface area contributed by atoms with Crippen molar-refractivity contribution < 1.29 is 14.7 Å². The van der Waals surface area contributed by atoms with E-state index in [2.05, 4.69) is 32.0 Å². The maximum Gasteiger partial charge on any atom is 0.303 e. The number of carboxylic acids is 1. The van der Waals surface area contributed by atoms with E-state index in [4.69, 9.17) is 5.11 Å². The van der Waals surface area contributed by atoms with E-state index in [1.54, 1.807) is 11.9 Å². The Morgan fingerprint density at radius 1 is 1.16 bits per heavy atom. The second-order valence-electron chi connectivity index (χ2n) is 4.88. The van der Waals surface area contributed by atoms with Crippen LogP contribution in [-0.2, 0) is 16.0 Å². The van der Waals surface area contributed by atoms with Crippen LogP contribution < -0.4 is 0 Å². The maximum absolute atomic E-state index is 11.7. The Bertz CT molecular complexity index is 468. The summed E-state index contributed by atoms with van der Waals surface area (Å²) in [7, 11) is 1.71. The van der Waals surface area contributed by atoms with E-state index in [9.17, 15) is 9.59 Å². The first-order valence-corrected chi connectivity index (χ1v) is 6.42. The number of hydrogen-bond donors (Lipinski definition) is 1. The van der Waals surface area contributed by atoms with Gasteiger partial charge in [-0.15, -0.1) is 0 Å². The van der Waals surface area contributed by atoms with Crippen molar-refractivity contribution in [2.24, 2.45) is 0 Å². The number of carbonyl (C=O) groups excluding carboxylic acids is 1.